The first-order valence-corrected chi connectivity index (χ1v) is 7.56. The van der Waals surface area contributed by atoms with Crippen molar-refractivity contribution in [2.75, 3.05) is 0 Å². The van der Waals surface area contributed by atoms with E-state index in [1.807, 2.05) is 0 Å². The quantitative estimate of drug-likeness (QED) is 0.848. The van der Waals surface area contributed by atoms with E-state index >= 15 is 0 Å². The normalized spacial score (nSPS) is 14.9. The minimum atomic E-state index is -0.880. The van der Waals surface area contributed by atoms with Crippen molar-refractivity contribution in [3.05, 3.63) is 38.8 Å². The molecule has 100 valence electrons. The Balaban J connectivity index is 2.09. The van der Waals surface area contributed by atoms with E-state index in [-0.39, 0.29) is 4.47 Å². The van der Waals surface area contributed by atoms with Crippen LogP contribution < -0.4 is 5.73 Å². The van der Waals surface area contributed by atoms with Gasteiger partial charge in [0.05, 0.1) is 10.2 Å². The molecule has 6 heteroatoms. The van der Waals surface area contributed by atoms with Crippen molar-refractivity contribution in [1.82, 2.24) is 4.98 Å². The van der Waals surface area contributed by atoms with Crippen molar-refractivity contribution in [3.8, 4) is 10.6 Å². The number of nitrogens with two attached hydrogens (primary N) is 1. The smallest absolute Gasteiger partial charge is 0.173 e. The molecule has 0 bridgehead atoms. The van der Waals surface area contributed by atoms with E-state index in [1.165, 1.54) is 17.4 Å². The van der Waals surface area contributed by atoms with Gasteiger partial charge in [0.25, 0.3) is 0 Å². The van der Waals surface area contributed by atoms with E-state index in [9.17, 15) is 8.78 Å². The second kappa shape index (κ2) is 4.92. The molecule has 1 aromatic carbocycles. The summed E-state index contributed by atoms with van der Waals surface area (Å²) in [6, 6.07) is 2.66. The number of hydrogen-bond acceptors (Lipinski definition) is 3. The average Bonchev–Trinajstić information content (AvgIpc) is 3.16. The maximum atomic E-state index is 13.6. The molecule has 0 saturated heterocycles. The predicted octanol–water partition coefficient (Wildman–Crippen LogP) is 4.19. The van der Waals surface area contributed by atoms with Gasteiger partial charge in [0.15, 0.2) is 11.6 Å². The number of nitrogens with zero attached hydrogens (tertiary/aromatic N) is 1. The molecule has 0 aliphatic heterocycles. The standard InChI is InChI=1S/C13H11BrF2N2S/c14-10-7(3-4-8(15)11(10)16)13-18-12(6-1-2-6)9(5-17)19-13/h3-4,6H,1-2,5,17H2. The second-order valence-electron chi connectivity index (χ2n) is 4.53. The van der Waals surface area contributed by atoms with E-state index < -0.39 is 11.6 Å². The molecule has 0 atom stereocenters. The van der Waals surface area contributed by atoms with Crippen molar-refractivity contribution < 1.29 is 8.78 Å². The lowest BCUT2D eigenvalue weighted by molar-refractivity contribution is 0.505. The number of thiazole rings is 1. The molecule has 1 fully saturated rings. The minimum absolute atomic E-state index is 0.118. The zero-order chi connectivity index (χ0) is 13.6. The highest BCUT2D eigenvalue weighted by molar-refractivity contribution is 9.10. The largest absolute Gasteiger partial charge is 0.326 e. The lowest BCUT2D eigenvalue weighted by Gasteiger charge is -2.02. The van der Waals surface area contributed by atoms with Gasteiger partial charge in [-0.15, -0.1) is 11.3 Å². The van der Waals surface area contributed by atoms with Crippen LogP contribution in [-0.2, 0) is 6.54 Å². The molecule has 1 aliphatic rings. The Hall–Kier alpha value is -0.850. The maximum absolute atomic E-state index is 13.6. The van der Waals surface area contributed by atoms with Gasteiger partial charge in [-0.1, -0.05) is 0 Å². The molecule has 0 spiro atoms. The summed E-state index contributed by atoms with van der Waals surface area (Å²) in [5, 5.41) is 0.688. The lowest BCUT2D eigenvalue weighted by atomic mass is 10.2. The van der Waals surface area contributed by atoms with Gasteiger partial charge in [-0.25, -0.2) is 13.8 Å². The van der Waals surface area contributed by atoms with Crippen molar-refractivity contribution in [2.45, 2.75) is 25.3 Å². The van der Waals surface area contributed by atoms with Gasteiger partial charge in [-0.2, -0.15) is 0 Å². The number of halogens is 3. The number of benzene rings is 1. The number of hydrogen-bond donors (Lipinski definition) is 1. The SMILES string of the molecule is NCc1sc(-c2ccc(F)c(F)c2Br)nc1C1CC1. The fraction of sp³-hybridized carbons (Fsp3) is 0.308. The van der Waals surface area contributed by atoms with Crippen LogP contribution in [0.4, 0.5) is 8.78 Å². The average molecular weight is 345 g/mol. The van der Waals surface area contributed by atoms with Crippen LogP contribution in [0.3, 0.4) is 0 Å². The van der Waals surface area contributed by atoms with E-state index in [0.717, 1.165) is 29.5 Å². The molecule has 1 saturated carbocycles. The summed E-state index contributed by atoms with van der Waals surface area (Å²) in [6.45, 7) is 0.435. The topological polar surface area (TPSA) is 38.9 Å². The summed E-state index contributed by atoms with van der Waals surface area (Å²) in [5.41, 5.74) is 7.33. The van der Waals surface area contributed by atoms with E-state index in [2.05, 4.69) is 20.9 Å². The molecule has 0 amide bonds. The number of aromatic nitrogens is 1. The lowest BCUT2D eigenvalue weighted by Crippen LogP contribution is -1.96. The third-order valence-electron chi connectivity index (χ3n) is 3.14. The van der Waals surface area contributed by atoms with Crippen LogP contribution in [0, 0.1) is 11.6 Å². The zero-order valence-corrected chi connectivity index (χ0v) is 12.3. The van der Waals surface area contributed by atoms with Gasteiger partial charge in [-0.05, 0) is 40.9 Å². The minimum Gasteiger partial charge on any atom is -0.326 e. The van der Waals surface area contributed by atoms with E-state index in [4.69, 9.17) is 5.73 Å². The third-order valence-corrected chi connectivity index (χ3v) is 5.04. The zero-order valence-electron chi connectivity index (χ0n) is 9.92. The second-order valence-corrected chi connectivity index (χ2v) is 6.41. The third kappa shape index (κ3) is 2.32. The first-order chi connectivity index (χ1) is 9.11. The maximum Gasteiger partial charge on any atom is 0.173 e. The highest BCUT2D eigenvalue weighted by Crippen LogP contribution is 2.45. The van der Waals surface area contributed by atoms with Crippen molar-refractivity contribution in [3.63, 3.8) is 0 Å². The van der Waals surface area contributed by atoms with Gasteiger partial charge >= 0.3 is 0 Å². The summed E-state index contributed by atoms with van der Waals surface area (Å²) >= 11 is 4.55. The molecule has 1 heterocycles. The van der Waals surface area contributed by atoms with E-state index in [1.54, 1.807) is 0 Å². The van der Waals surface area contributed by atoms with Crippen LogP contribution in [-0.4, -0.2) is 4.98 Å². The van der Waals surface area contributed by atoms with Crippen molar-refractivity contribution in [2.24, 2.45) is 5.73 Å². The Labute approximate surface area is 121 Å². The molecule has 0 unspecified atom stereocenters. The molecule has 3 rings (SSSR count). The first-order valence-electron chi connectivity index (χ1n) is 5.95. The van der Waals surface area contributed by atoms with Gasteiger partial charge < -0.3 is 5.73 Å². The highest BCUT2D eigenvalue weighted by atomic mass is 79.9. The fourth-order valence-electron chi connectivity index (χ4n) is 1.99. The van der Waals surface area contributed by atoms with Crippen LogP contribution in [0.1, 0.15) is 29.3 Å². The predicted molar refractivity (Wildman–Crippen MR) is 75.0 cm³/mol. The summed E-state index contributed by atoms with van der Waals surface area (Å²) in [5.74, 6) is -1.25. The monoisotopic (exact) mass is 344 g/mol. The van der Waals surface area contributed by atoms with Crippen molar-refractivity contribution >= 4 is 27.3 Å². The molecule has 1 aliphatic carbocycles. The summed E-state index contributed by atoms with van der Waals surface area (Å²) in [4.78, 5) is 5.60. The van der Waals surface area contributed by atoms with Gasteiger partial charge in [0.1, 0.15) is 5.01 Å². The molecule has 1 aromatic heterocycles. The Morgan fingerprint density at radius 2 is 2.11 bits per heavy atom. The van der Waals surface area contributed by atoms with Crippen LogP contribution in [0.2, 0.25) is 0 Å². The van der Waals surface area contributed by atoms with Crippen LogP contribution >= 0.6 is 27.3 Å². The van der Waals surface area contributed by atoms with Gasteiger partial charge in [0.2, 0.25) is 0 Å². The first kappa shape index (κ1) is 13.1. The molecular formula is C13H11BrF2N2S. The van der Waals surface area contributed by atoms with E-state index in [0.29, 0.717) is 23.0 Å². The number of rotatable bonds is 3. The van der Waals surface area contributed by atoms with Gasteiger partial charge in [-0.3, -0.25) is 0 Å². The Kier molecular flexibility index (Phi) is 3.41. The molecular weight excluding hydrogens is 334 g/mol. The molecule has 19 heavy (non-hydrogen) atoms. The summed E-state index contributed by atoms with van der Waals surface area (Å²) < 4.78 is 26.8. The molecule has 2 aromatic rings. The molecule has 2 nitrogen and oxygen atoms in total. The van der Waals surface area contributed by atoms with Crippen molar-refractivity contribution in [1.29, 1.82) is 0 Å². The van der Waals surface area contributed by atoms with Crippen LogP contribution in [0.25, 0.3) is 10.6 Å². The van der Waals surface area contributed by atoms with Gasteiger partial charge in [0, 0.05) is 22.9 Å². The summed E-state index contributed by atoms with van der Waals surface area (Å²) in [7, 11) is 0. The fourth-order valence-corrected chi connectivity index (χ4v) is 3.69. The molecule has 2 N–H and O–H groups in total. The molecule has 0 radical (unpaired) electrons. The Morgan fingerprint density at radius 1 is 1.37 bits per heavy atom. The van der Waals surface area contributed by atoms with Crippen LogP contribution in [0.15, 0.2) is 16.6 Å². The highest BCUT2D eigenvalue weighted by Gasteiger charge is 2.29. The van der Waals surface area contributed by atoms with Crippen LogP contribution in [0.5, 0.6) is 0 Å². The Bertz CT molecular complexity index is 638. The Morgan fingerprint density at radius 3 is 2.74 bits per heavy atom. The summed E-state index contributed by atoms with van der Waals surface area (Å²) in [6.07, 6.45) is 2.27.